The maximum atomic E-state index is 13.5. The second-order valence-corrected chi connectivity index (χ2v) is 7.38. The van der Waals surface area contributed by atoms with Crippen molar-refractivity contribution in [1.29, 1.82) is 0 Å². The summed E-state index contributed by atoms with van der Waals surface area (Å²) in [7, 11) is 1.61. The summed E-state index contributed by atoms with van der Waals surface area (Å²) in [6.07, 6.45) is 1.43. The SMILES string of the molecule is CCOC(=O)N1CCN(C(=O)c2cn(-c3ccccc3)nc2-c2cccc(OC)c2)CC1. The first-order valence-corrected chi connectivity index (χ1v) is 10.6. The summed E-state index contributed by atoms with van der Waals surface area (Å²) in [6.45, 7) is 3.86. The van der Waals surface area contributed by atoms with Crippen molar-refractivity contribution < 1.29 is 19.1 Å². The van der Waals surface area contributed by atoms with E-state index in [1.807, 2.05) is 54.6 Å². The van der Waals surface area contributed by atoms with Crippen molar-refractivity contribution in [3.63, 3.8) is 0 Å². The van der Waals surface area contributed by atoms with Crippen LogP contribution in [0.15, 0.2) is 60.8 Å². The third-order valence-corrected chi connectivity index (χ3v) is 5.40. The number of amides is 2. The lowest BCUT2D eigenvalue weighted by Crippen LogP contribution is -2.50. The van der Waals surface area contributed by atoms with E-state index in [-0.39, 0.29) is 12.0 Å². The van der Waals surface area contributed by atoms with Gasteiger partial charge in [0, 0.05) is 37.9 Å². The highest BCUT2D eigenvalue weighted by molar-refractivity contribution is 6.00. The first-order valence-electron chi connectivity index (χ1n) is 10.6. The molecule has 0 atom stereocenters. The second-order valence-electron chi connectivity index (χ2n) is 7.38. The quantitative estimate of drug-likeness (QED) is 0.615. The van der Waals surface area contributed by atoms with Gasteiger partial charge in [0.05, 0.1) is 25.0 Å². The normalized spacial score (nSPS) is 13.7. The van der Waals surface area contributed by atoms with Gasteiger partial charge in [-0.05, 0) is 31.2 Å². The Hall–Kier alpha value is -3.81. The average Bonchev–Trinajstić information content (AvgIpc) is 3.30. The van der Waals surface area contributed by atoms with Crippen molar-refractivity contribution in [3.8, 4) is 22.7 Å². The number of ether oxygens (including phenoxy) is 2. The fraction of sp³-hybridized carbons (Fsp3) is 0.292. The Kier molecular flexibility index (Phi) is 6.39. The molecule has 0 aliphatic carbocycles. The summed E-state index contributed by atoms with van der Waals surface area (Å²) in [6, 6.07) is 17.2. The number of benzene rings is 2. The monoisotopic (exact) mass is 434 g/mol. The Bertz CT molecular complexity index is 1090. The van der Waals surface area contributed by atoms with Crippen LogP contribution in [0.25, 0.3) is 16.9 Å². The molecule has 8 heteroatoms. The van der Waals surface area contributed by atoms with E-state index in [0.717, 1.165) is 11.3 Å². The van der Waals surface area contributed by atoms with Crippen molar-refractivity contribution in [2.45, 2.75) is 6.92 Å². The maximum Gasteiger partial charge on any atom is 0.409 e. The number of methoxy groups -OCH3 is 1. The summed E-state index contributed by atoms with van der Waals surface area (Å²) in [5, 5.41) is 4.74. The molecule has 0 N–H and O–H groups in total. The Labute approximate surface area is 187 Å². The molecule has 0 saturated carbocycles. The third kappa shape index (κ3) is 4.44. The van der Waals surface area contributed by atoms with Crippen LogP contribution >= 0.6 is 0 Å². The van der Waals surface area contributed by atoms with E-state index in [2.05, 4.69) is 0 Å². The van der Waals surface area contributed by atoms with Gasteiger partial charge < -0.3 is 19.3 Å². The molecule has 0 spiro atoms. The number of para-hydroxylation sites is 1. The van der Waals surface area contributed by atoms with Gasteiger partial charge in [0.25, 0.3) is 5.91 Å². The summed E-state index contributed by atoms with van der Waals surface area (Å²) in [4.78, 5) is 28.9. The summed E-state index contributed by atoms with van der Waals surface area (Å²) < 4.78 is 12.1. The molecule has 3 aromatic rings. The molecule has 0 radical (unpaired) electrons. The lowest BCUT2D eigenvalue weighted by Gasteiger charge is -2.34. The van der Waals surface area contributed by atoms with Crippen molar-refractivity contribution >= 4 is 12.0 Å². The molecule has 2 heterocycles. The molecule has 0 unspecified atom stereocenters. The zero-order valence-electron chi connectivity index (χ0n) is 18.2. The molecule has 166 valence electrons. The Balaban J connectivity index is 1.64. The molecule has 4 rings (SSSR count). The lowest BCUT2D eigenvalue weighted by molar-refractivity contribution is 0.0571. The third-order valence-electron chi connectivity index (χ3n) is 5.40. The molecule has 1 aliphatic rings. The van der Waals surface area contributed by atoms with Crippen molar-refractivity contribution in [2.24, 2.45) is 0 Å². The first kappa shape index (κ1) is 21.4. The number of nitrogens with zero attached hydrogens (tertiary/aromatic N) is 4. The maximum absolute atomic E-state index is 13.5. The van der Waals surface area contributed by atoms with E-state index >= 15 is 0 Å². The van der Waals surface area contributed by atoms with E-state index in [1.165, 1.54) is 0 Å². The van der Waals surface area contributed by atoms with Crippen LogP contribution in [0.5, 0.6) is 5.75 Å². The molecular weight excluding hydrogens is 408 g/mol. The fourth-order valence-corrected chi connectivity index (χ4v) is 3.70. The van der Waals surface area contributed by atoms with Crippen LogP contribution < -0.4 is 4.74 Å². The van der Waals surface area contributed by atoms with Gasteiger partial charge in [-0.2, -0.15) is 5.10 Å². The fourth-order valence-electron chi connectivity index (χ4n) is 3.70. The van der Waals surface area contributed by atoms with E-state index < -0.39 is 0 Å². The van der Waals surface area contributed by atoms with E-state index in [0.29, 0.717) is 49.8 Å². The zero-order valence-corrected chi connectivity index (χ0v) is 18.2. The highest BCUT2D eigenvalue weighted by atomic mass is 16.6. The Morgan fingerprint density at radius 1 is 0.969 bits per heavy atom. The van der Waals surface area contributed by atoms with Crippen LogP contribution in [0.2, 0.25) is 0 Å². The van der Waals surface area contributed by atoms with Gasteiger partial charge in [-0.15, -0.1) is 0 Å². The topological polar surface area (TPSA) is 76.9 Å². The predicted molar refractivity (Wildman–Crippen MR) is 120 cm³/mol. The predicted octanol–water partition coefficient (Wildman–Crippen LogP) is 3.46. The molecule has 1 aliphatic heterocycles. The van der Waals surface area contributed by atoms with Crippen LogP contribution in [0, 0.1) is 0 Å². The van der Waals surface area contributed by atoms with Crippen LogP contribution in [-0.2, 0) is 4.74 Å². The summed E-state index contributed by atoms with van der Waals surface area (Å²) in [5.41, 5.74) is 2.76. The standard InChI is InChI=1S/C24H26N4O4/c1-3-32-24(30)27-14-12-26(13-15-27)23(29)21-17-28(19-9-5-4-6-10-19)25-22(21)18-8-7-11-20(16-18)31-2/h4-11,16-17H,3,12-15H2,1-2H3. The molecule has 0 bridgehead atoms. The van der Waals surface area contributed by atoms with Gasteiger partial charge in [-0.3, -0.25) is 4.79 Å². The minimum atomic E-state index is -0.339. The number of rotatable bonds is 5. The Morgan fingerprint density at radius 2 is 1.69 bits per heavy atom. The number of aromatic nitrogens is 2. The van der Waals surface area contributed by atoms with Crippen molar-refractivity contribution in [1.82, 2.24) is 19.6 Å². The van der Waals surface area contributed by atoms with E-state index in [9.17, 15) is 9.59 Å². The van der Waals surface area contributed by atoms with Gasteiger partial charge in [0.2, 0.25) is 0 Å². The molecule has 1 saturated heterocycles. The zero-order chi connectivity index (χ0) is 22.5. The van der Waals surface area contributed by atoms with E-state index in [1.54, 1.807) is 34.7 Å². The largest absolute Gasteiger partial charge is 0.497 e. The second kappa shape index (κ2) is 9.55. The summed E-state index contributed by atoms with van der Waals surface area (Å²) >= 11 is 0. The van der Waals surface area contributed by atoms with Gasteiger partial charge >= 0.3 is 6.09 Å². The number of hydrogen-bond donors (Lipinski definition) is 0. The van der Waals surface area contributed by atoms with Crippen molar-refractivity contribution in [3.05, 3.63) is 66.4 Å². The van der Waals surface area contributed by atoms with Gasteiger partial charge in [0.15, 0.2) is 0 Å². The van der Waals surface area contributed by atoms with Gasteiger partial charge in [-0.1, -0.05) is 30.3 Å². The number of hydrogen-bond acceptors (Lipinski definition) is 5. The number of carbonyl (C=O) groups is 2. The summed E-state index contributed by atoms with van der Waals surface area (Å²) in [5.74, 6) is 0.576. The minimum absolute atomic E-state index is 0.117. The van der Waals surface area contributed by atoms with Crippen LogP contribution in [-0.4, -0.2) is 71.5 Å². The van der Waals surface area contributed by atoms with E-state index in [4.69, 9.17) is 14.6 Å². The molecule has 2 amide bonds. The number of carbonyl (C=O) groups excluding carboxylic acids is 2. The average molecular weight is 434 g/mol. The lowest BCUT2D eigenvalue weighted by atomic mass is 10.1. The Morgan fingerprint density at radius 3 is 2.38 bits per heavy atom. The highest BCUT2D eigenvalue weighted by Gasteiger charge is 2.28. The molecular formula is C24H26N4O4. The highest BCUT2D eigenvalue weighted by Crippen LogP contribution is 2.28. The van der Waals surface area contributed by atoms with Gasteiger partial charge in [0.1, 0.15) is 11.4 Å². The van der Waals surface area contributed by atoms with Crippen LogP contribution in [0.4, 0.5) is 4.79 Å². The van der Waals surface area contributed by atoms with Crippen LogP contribution in [0.1, 0.15) is 17.3 Å². The van der Waals surface area contributed by atoms with Gasteiger partial charge in [-0.25, -0.2) is 9.48 Å². The smallest absolute Gasteiger partial charge is 0.409 e. The molecule has 8 nitrogen and oxygen atoms in total. The molecule has 2 aromatic carbocycles. The molecule has 1 fully saturated rings. The first-order chi connectivity index (χ1) is 15.6. The number of piperazine rings is 1. The minimum Gasteiger partial charge on any atom is -0.497 e. The van der Waals surface area contributed by atoms with Crippen LogP contribution in [0.3, 0.4) is 0 Å². The molecule has 1 aromatic heterocycles. The molecule has 32 heavy (non-hydrogen) atoms. The van der Waals surface area contributed by atoms with Crippen molar-refractivity contribution in [2.75, 3.05) is 39.9 Å².